The van der Waals surface area contributed by atoms with Crippen LogP contribution >= 0.6 is 34.5 Å². The first-order valence-electron chi connectivity index (χ1n) is 5.82. The summed E-state index contributed by atoms with van der Waals surface area (Å²) in [5, 5.41) is 2.58. The van der Waals surface area contributed by atoms with Crippen LogP contribution in [0.2, 0.25) is 5.02 Å². The monoisotopic (exact) mass is 316 g/mol. The summed E-state index contributed by atoms with van der Waals surface area (Å²) in [6.45, 7) is 0.566. The van der Waals surface area contributed by atoms with Crippen LogP contribution in [0.1, 0.15) is 10.4 Å². The molecule has 1 heterocycles. The lowest BCUT2D eigenvalue weighted by atomic mass is 10.2. The van der Waals surface area contributed by atoms with E-state index in [0.29, 0.717) is 29.0 Å². The highest BCUT2D eigenvalue weighted by Crippen LogP contribution is 2.36. The molecule has 0 N–H and O–H groups in total. The van der Waals surface area contributed by atoms with Crippen LogP contribution in [0.3, 0.4) is 0 Å². The molecule has 0 amide bonds. The van der Waals surface area contributed by atoms with Gasteiger partial charge in [0.25, 0.3) is 0 Å². The Bertz CT molecular complexity index is 526. The van der Waals surface area contributed by atoms with Crippen molar-refractivity contribution in [1.82, 2.24) is 0 Å². The lowest BCUT2D eigenvalue weighted by molar-refractivity contribution is 0.298. The molecule has 5 heteroatoms. The summed E-state index contributed by atoms with van der Waals surface area (Å²) in [6, 6.07) is 7.77. The minimum Gasteiger partial charge on any atom is -0.493 e. The molecule has 0 aliphatic heterocycles. The third-order valence-electron chi connectivity index (χ3n) is 2.62. The van der Waals surface area contributed by atoms with Crippen LogP contribution in [-0.4, -0.2) is 13.7 Å². The molecule has 19 heavy (non-hydrogen) atoms. The van der Waals surface area contributed by atoms with Gasteiger partial charge in [0.05, 0.1) is 18.7 Å². The molecule has 0 aliphatic carbocycles. The fourth-order valence-electron chi connectivity index (χ4n) is 1.70. The highest BCUT2D eigenvalue weighted by atomic mass is 35.5. The molecule has 0 fully saturated rings. The van der Waals surface area contributed by atoms with Gasteiger partial charge >= 0.3 is 0 Å². The number of alkyl halides is 1. The second-order valence-electron chi connectivity index (χ2n) is 3.92. The Morgan fingerprint density at radius 2 is 2.16 bits per heavy atom. The maximum atomic E-state index is 6.19. The number of halogens is 2. The molecular formula is C14H14Cl2O2S. The van der Waals surface area contributed by atoms with Gasteiger partial charge in [0.15, 0.2) is 11.5 Å². The van der Waals surface area contributed by atoms with E-state index in [1.807, 2.05) is 12.1 Å². The first-order valence-corrected chi connectivity index (χ1v) is 7.61. The molecule has 0 atom stereocenters. The Balaban J connectivity index is 2.06. The van der Waals surface area contributed by atoms with Gasteiger partial charge in [-0.25, -0.2) is 0 Å². The van der Waals surface area contributed by atoms with Crippen molar-refractivity contribution in [3.05, 3.63) is 45.1 Å². The van der Waals surface area contributed by atoms with Crippen LogP contribution in [-0.2, 0) is 12.3 Å². The van der Waals surface area contributed by atoms with Crippen molar-refractivity contribution in [2.45, 2.75) is 12.3 Å². The topological polar surface area (TPSA) is 18.5 Å². The molecule has 0 aliphatic rings. The van der Waals surface area contributed by atoms with Crippen molar-refractivity contribution in [1.29, 1.82) is 0 Å². The quantitative estimate of drug-likeness (QED) is 0.715. The first kappa shape index (κ1) is 14.5. The number of thiophene rings is 1. The summed E-state index contributed by atoms with van der Waals surface area (Å²) in [5.41, 5.74) is 0.911. The van der Waals surface area contributed by atoms with Gasteiger partial charge in [-0.15, -0.1) is 22.9 Å². The standard InChI is InChI=1S/C14H14Cl2O2S/c1-17-13-8-10(9-15)7-12(16)14(13)18-5-4-11-3-2-6-19-11/h2-3,6-8H,4-5,9H2,1H3. The van der Waals surface area contributed by atoms with Gasteiger partial charge in [0.2, 0.25) is 0 Å². The van der Waals surface area contributed by atoms with E-state index in [1.54, 1.807) is 24.5 Å². The van der Waals surface area contributed by atoms with E-state index in [2.05, 4.69) is 11.4 Å². The van der Waals surface area contributed by atoms with Gasteiger partial charge < -0.3 is 9.47 Å². The highest BCUT2D eigenvalue weighted by Gasteiger charge is 2.11. The molecule has 0 saturated heterocycles. The Hall–Kier alpha value is -0.900. The number of rotatable bonds is 6. The molecule has 102 valence electrons. The zero-order chi connectivity index (χ0) is 13.7. The van der Waals surface area contributed by atoms with Crippen LogP contribution in [0.5, 0.6) is 11.5 Å². The first-order chi connectivity index (χ1) is 9.24. The Labute approximate surface area is 126 Å². The smallest absolute Gasteiger partial charge is 0.179 e. The van der Waals surface area contributed by atoms with Gasteiger partial charge in [0, 0.05) is 17.2 Å². The largest absolute Gasteiger partial charge is 0.493 e. The molecule has 1 aromatic carbocycles. The maximum absolute atomic E-state index is 6.19. The average molecular weight is 317 g/mol. The number of hydrogen-bond acceptors (Lipinski definition) is 3. The van der Waals surface area contributed by atoms with E-state index in [1.165, 1.54) is 4.88 Å². The summed E-state index contributed by atoms with van der Waals surface area (Å²) in [7, 11) is 1.59. The van der Waals surface area contributed by atoms with Gasteiger partial charge in [0.1, 0.15) is 0 Å². The zero-order valence-corrected chi connectivity index (χ0v) is 12.8. The van der Waals surface area contributed by atoms with Crippen molar-refractivity contribution in [3.8, 4) is 11.5 Å². The minimum absolute atomic E-state index is 0.394. The van der Waals surface area contributed by atoms with Crippen molar-refractivity contribution in [3.63, 3.8) is 0 Å². The molecule has 2 rings (SSSR count). The fraction of sp³-hybridized carbons (Fsp3) is 0.286. The van der Waals surface area contributed by atoms with E-state index >= 15 is 0 Å². The van der Waals surface area contributed by atoms with E-state index in [4.69, 9.17) is 32.7 Å². The van der Waals surface area contributed by atoms with E-state index in [9.17, 15) is 0 Å². The Morgan fingerprint density at radius 1 is 1.32 bits per heavy atom. The molecular weight excluding hydrogens is 303 g/mol. The molecule has 0 radical (unpaired) electrons. The lowest BCUT2D eigenvalue weighted by Gasteiger charge is -2.13. The highest BCUT2D eigenvalue weighted by molar-refractivity contribution is 7.09. The minimum atomic E-state index is 0.394. The zero-order valence-electron chi connectivity index (χ0n) is 10.5. The van der Waals surface area contributed by atoms with Gasteiger partial charge in [-0.1, -0.05) is 17.7 Å². The van der Waals surface area contributed by atoms with E-state index in [0.717, 1.165) is 12.0 Å². The predicted octanol–water partition coefficient (Wildman–Crippen LogP) is 4.77. The van der Waals surface area contributed by atoms with Crippen LogP contribution in [0.15, 0.2) is 29.6 Å². The lowest BCUT2D eigenvalue weighted by Crippen LogP contribution is -2.02. The number of methoxy groups -OCH3 is 1. The van der Waals surface area contributed by atoms with Crippen molar-refractivity contribution in [2.75, 3.05) is 13.7 Å². The molecule has 1 aromatic heterocycles. The normalized spacial score (nSPS) is 10.5. The van der Waals surface area contributed by atoms with Crippen LogP contribution in [0.25, 0.3) is 0 Å². The van der Waals surface area contributed by atoms with Crippen LogP contribution in [0.4, 0.5) is 0 Å². The summed E-state index contributed by atoms with van der Waals surface area (Å²) in [6.07, 6.45) is 0.856. The fourth-order valence-corrected chi connectivity index (χ4v) is 2.83. The second-order valence-corrected chi connectivity index (χ2v) is 5.63. The summed E-state index contributed by atoms with van der Waals surface area (Å²) in [4.78, 5) is 1.28. The van der Waals surface area contributed by atoms with E-state index < -0.39 is 0 Å². The summed E-state index contributed by atoms with van der Waals surface area (Å²) in [5.74, 6) is 1.59. The molecule has 2 nitrogen and oxygen atoms in total. The molecule has 0 spiro atoms. The maximum Gasteiger partial charge on any atom is 0.179 e. The Kier molecular flexibility index (Phi) is 5.37. The number of benzene rings is 1. The number of hydrogen-bond donors (Lipinski definition) is 0. The van der Waals surface area contributed by atoms with Crippen LogP contribution < -0.4 is 9.47 Å². The van der Waals surface area contributed by atoms with Gasteiger partial charge in [-0.05, 0) is 29.1 Å². The SMILES string of the molecule is COc1cc(CCl)cc(Cl)c1OCCc1cccs1. The van der Waals surface area contributed by atoms with Crippen molar-refractivity contribution < 1.29 is 9.47 Å². The second kappa shape index (κ2) is 7.04. The molecule has 0 unspecified atom stereocenters. The summed E-state index contributed by atoms with van der Waals surface area (Å²) < 4.78 is 11.0. The number of ether oxygens (including phenoxy) is 2. The van der Waals surface area contributed by atoms with Crippen molar-refractivity contribution >= 4 is 34.5 Å². The third-order valence-corrected chi connectivity index (χ3v) is 4.14. The molecule has 2 aromatic rings. The van der Waals surface area contributed by atoms with Crippen LogP contribution in [0, 0.1) is 0 Å². The molecule has 0 bridgehead atoms. The molecule has 0 saturated carbocycles. The summed E-state index contributed by atoms with van der Waals surface area (Å²) >= 11 is 13.7. The third kappa shape index (κ3) is 3.78. The van der Waals surface area contributed by atoms with Crippen molar-refractivity contribution in [2.24, 2.45) is 0 Å². The van der Waals surface area contributed by atoms with Gasteiger partial charge in [-0.3, -0.25) is 0 Å². The predicted molar refractivity (Wildman–Crippen MR) is 81.1 cm³/mol. The average Bonchev–Trinajstić information content (AvgIpc) is 2.93. The van der Waals surface area contributed by atoms with Gasteiger partial charge in [-0.2, -0.15) is 0 Å². The Morgan fingerprint density at radius 3 is 2.79 bits per heavy atom. The van der Waals surface area contributed by atoms with E-state index in [-0.39, 0.29) is 0 Å².